The van der Waals surface area contributed by atoms with Crippen LogP contribution in [0.4, 0.5) is 0 Å². The van der Waals surface area contributed by atoms with E-state index in [1.807, 2.05) is 6.92 Å². The third-order valence-electron chi connectivity index (χ3n) is 2.76. The molecule has 1 aromatic heterocycles. The lowest BCUT2D eigenvalue weighted by molar-refractivity contribution is -0.143. The molecule has 0 bridgehead atoms. The van der Waals surface area contributed by atoms with E-state index in [1.54, 1.807) is 20.0 Å². The Hall–Kier alpha value is -2.11. The molecular formula is C14H20N2O4. The fourth-order valence-electron chi connectivity index (χ4n) is 1.75. The van der Waals surface area contributed by atoms with Crippen LogP contribution in [0, 0.1) is 0 Å². The second-order valence-corrected chi connectivity index (χ2v) is 4.40. The average molecular weight is 280 g/mol. The van der Waals surface area contributed by atoms with Crippen LogP contribution in [0.5, 0.6) is 0 Å². The highest BCUT2D eigenvalue weighted by Crippen LogP contribution is 2.04. The number of rotatable bonds is 6. The van der Waals surface area contributed by atoms with Crippen LogP contribution < -0.4 is 5.56 Å². The topological polar surface area (TPSA) is 68.6 Å². The van der Waals surface area contributed by atoms with Gasteiger partial charge in [-0.05, 0) is 19.4 Å². The summed E-state index contributed by atoms with van der Waals surface area (Å²) in [5.74, 6) is -0.782. The molecule has 0 spiro atoms. The van der Waals surface area contributed by atoms with Crippen molar-refractivity contribution in [1.82, 2.24) is 9.47 Å². The molecule has 0 aliphatic heterocycles. The summed E-state index contributed by atoms with van der Waals surface area (Å²) in [6, 6.07) is 2.84. The summed E-state index contributed by atoms with van der Waals surface area (Å²) < 4.78 is 6.23. The predicted molar refractivity (Wildman–Crippen MR) is 74.5 cm³/mol. The van der Waals surface area contributed by atoms with E-state index in [-0.39, 0.29) is 30.2 Å². The van der Waals surface area contributed by atoms with Gasteiger partial charge in [0, 0.05) is 31.4 Å². The molecule has 0 fully saturated rings. The van der Waals surface area contributed by atoms with Crippen LogP contribution in [0.15, 0.2) is 23.1 Å². The second kappa shape index (κ2) is 7.47. The van der Waals surface area contributed by atoms with E-state index in [9.17, 15) is 14.4 Å². The van der Waals surface area contributed by atoms with Crippen LogP contribution in [0.2, 0.25) is 0 Å². The first-order chi connectivity index (χ1) is 9.49. The van der Waals surface area contributed by atoms with Crippen LogP contribution in [0.1, 0.15) is 30.6 Å². The smallest absolute Gasteiger partial charge is 0.325 e. The first-order valence-corrected chi connectivity index (χ1v) is 6.61. The molecule has 0 saturated heterocycles. The van der Waals surface area contributed by atoms with Gasteiger partial charge in [0.1, 0.15) is 6.54 Å². The Bertz CT molecular complexity index is 536. The molecule has 0 aromatic carbocycles. The molecule has 0 unspecified atom stereocenters. The average Bonchev–Trinajstić information content (AvgIpc) is 2.41. The number of carbonyl (C=O) groups excluding carboxylic acids is 2. The van der Waals surface area contributed by atoms with Gasteiger partial charge in [-0.25, -0.2) is 0 Å². The predicted octanol–water partition coefficient (Wildman–Crippen LogP) is 0.801. The van der Waals surface area contributed by atoms with Gasteiger partial charge in [-0.1, -0.05) is 6.92 Å². The molecule has 6 heteroatoms. The third kappa shape index (κ3) is 4.22. The summed E-state index contributed by atoms with van der Waals surface area (Å²) in [6.07, 6.45) is 2.25. The van der Waals surface area contributed by atoms with Crippen molar-refractivity contribution in [3.8, 4) is 0 Å². The molecule has 1 heterocycles. The normalized spacial score (nSPS) is 10.2. The number of aromatic nitrogens is 1. The van der Waals surface area contributed by atoms with Gasteiger partial charge >= 0.3 is 5.97 Å². The molecule has 0 N–H and O–H groups in total. The molecule has 0 radical (unpaired) electrons. The minimum atomic E-state index is -0.446. The van der Waals surface area contributed by atoms with E-state index in [4.69, 9.17) is 4.74 Å². The van der Waals surface area contributed by atoms with Crippen molar-refractivity contribution in [3.05, 3.63) is 34.2 Å². The number of pyridine rings is 1. The van der Waals surface area contributed by atoms with Gasteiger partial charge in [0.25, 0.3) is 11.5 Å². The van der Waals surface area contributed by atoms with E-state index in [0.29, 0.717) is 6.54 Å². The van der Waals surface area contributed by atoms with Crippen molar-refractivity contribution >= 4 is 11.9 Å². The Balaban J connectivity index is 2.90. The minimum Gasteiger partial charge on any atom is -0.465 e. The maximum absolute atomic E-state index is 12.3. The zero-order chi connectivity index (χ0) is 15.1. The third-order valence-corrected chi connectivity index (χ3v) is 2.76. The highest BCUT2D eigenvalue weighted by Gasteiger charge is 2.19. The SMILES string of the molecule is CCCN(CC(=O)OCC)C(=O)c1ccn(C)c(=O)c1. The Labute approximate surface area is 118 Å². The van der Waals surface area contributed by atoms with Crippen molar-refractivity contribution in [3.63, 3.8) is 0 Å². The lowest BCUT2D eigenvalue weighted by atomic mass is 10.2. The van der Waals surface area contributed by atoms with E-state index in [1.165, 1.54) is 21.7 Å². The number of esters is 1. The molecular weight excluding hydrogens is 260 g/mol. The number of hydrogen-bond acceptors (Lipinski definition) is 4. The van der Waals surface area contributed by atoms with Crippen LogP contribution in [0.3, 0.4) is 0 Å². The number of nitrogens with zero attached hydrogens (tertiary/aromatic N) is 2. The maximum atomic E-state index is 12.3. The molecule has 0 aliphatic carbocycles. The monoisotopic (exact) mass is 280 g/mol. The first-order valence-electron chi connectivity index (χ1n) is 6.61. The Morgan fingerprint density at radius 1 is 1.35 bits per heavy atom. The first kappa shape index (κ1) is 15.9. The highest BCUT2D eigenvalue weighted by molar-refractivity contribution is 5.95. The fourth-order valence-corrected chi connectivity index (χ4v) is 1.75. The molecule has 0 saturated carbocycles. The van der Waals surface area contributed by atoms with E-state index < -0.39 is 5.97 Å². The number of hydrogen-bond donors (Lipinski definition) is 0. The van der Waals surface area contributed by atoms with Gasteiger partial charge in [-0.3, -0.25) is 14.4 Å². The summed E-state index contributed by atoms with van der Waals surface area (Å²) in [5.41, 5.74) is 0.0225. The second-order valence-electron chi connectivity index (χ2n) is 4.40. The maximum Gasteiger partial charge on any atom is 0.325 e. The van der Waals surface area contributed by atoms with E-state index >= 15 is 0 Å². The van der Waals surface area contributed by atoms with Crippen molar-refractivity contribution in [2.75, 3.05) is 19.7 Å². The van der Waals surface area contributed by atoms with Crippen LogP contribution in [0.25, 0.3) is 0 Å². The van der Waals surface area contributed by atoms with Gasteiger partial charge in [0.05, 0.1) is 6.61 Å². The molecule has 0 aliphatic rings. The minimum absolute atomic E-state index is 0.101. The van der Waals surface area contributed by atoms with Crippen molar-refractivity contribution in [1.29, 1.82) is 0 Å². The van der Waals surface area contributed by atoms with Gasteiger partial charge in [0.2, 0.25) is 0 Å². The number of amides is 1. The van der Waals surface area contributed by atoms with Crippen LogP contribution in [-0.2, 0) is 16.6 Å². The van der Waals surface area contributed by atoms with Gasteiger partial charge in [-0.15, -0.1) is 0 Å². The molecule has 20 heavy (non-hydrogen) atoms. The molecule has 6 nitrogen and oxygen atoms in total. The molecule has 1 aromatic rings. The van der Waals surface area contributed by atoms with E-state index in [0.717, 1.165) is 6.42 Å². The Morgan fingerprint density at radius 2 is 2.05 bits per heavy atom. The van der Waals surface area contributed by atoms with Gasteiger partial charge in [0.15, 0.2) is 0 Å². The summed E-state index contributed by atoms with van der Waals surface area (Å²) >= 11 is 0. The standard InChI is InChI=1S/C14H20N2O4/c1-4-7-16(10-13(18)20-5-2)14(19)11-6-8-15(3)12(17)9-11/h6,8-9H,4-5,7,10H2,1-3H3. The fraction of sp³-hybridized carbons (Fsp3) is 0.500. The van der Waals surface area contributed by atoms with E-state index in [2.05, 4.69) is 0 Å². The molecule has 0 atom stereocenters. The number of carbonyl (C=O) groups is 2. The molecule has 110 valence electrons. The summed E-state index contributed by atoms with van der Waals surface area (Å²) in [7, 11) is 1.61. The highest BCUT2D eigenvalue weighted by atomic mass is 16.5. The zero-order valence-corrected chi connectivity index (χ0v) is 12.1. The number of aryl methyl sites for hydroxylation is 1. The van der Waals surface area contributed by atoms with Crippen LogP contribution >= 0.6 is 0 Å². The van der Waals surface area contributed by atoms with Gasteiger partial charge < -0.3 is 14.2 Å². The van der Waals surface area contributed by atoms with Crippen LogP contribution in [-0.4, -0.2) is 41.0 Å². The number of ether oxygens (including phenoxy) is 1. The summed E-state index contributed by atoms with van der Waals surface area (Å²) in [4.78, 5) is 36.8. The Kier molecular flexibility index (Phi) is 5.96. The van der Waals surface area contributed by atoms with Crippen molar-refractivity contribution < 1.29 is 14.3 Å². The Morgan fingerprint density at radius 3 is 2.60 bits per heavy atom. The lowest BCUT2D eigenvalue weighted by Crippen LogP contribution is -2.37. The molecule has 1 amide bonds. The quantitative estimate of drug-likeness (QED) is 0.723. The zero-order valence-electron chi connectivity index (χ0n) is 12.1. The largest absolute Gasteiger partial charge is 0.465 e. The van der Waals surface area contributed by atoms with Crippen molar-refractivity contribution in [2.45, 2.75) is 20.3 Å². The van der Waals surface area contributed by atoms with Gasteiger partial charge in [-0.2, -0.15) is 0 Å². The lowest BCUT2D eigenvalue weighted by Gasteiger charge is -2.21. The summed E-state index contributed by atoms with van der Waals surface area (Å²) in [5, 5.41) is 0. The molecule has 1 rings (SSSR count). The summed E-state index contributed by atoms with van der Waals surface area (Å²) in [6.45, 7) is 4.24. The van der Waals surface area contributed by atoms with Crippen molar-refractivity contribution in [2.24, 2.45) is 7.05 Å².